The zero-order chi connectivity index (χ0) is 73.3. The topological polar surface area (TPSA) is 365 Å². The first-order valence-electron chi connectivity index (χ1n) is 35.8. The van der Waals surface area contributed by atoms with Crippen LogP contribution in [0.25, 0.3) is 0 Å². The standard InChI is InChI=1S/C73H110N10O18/c1-11-28-97-30-31-98-29-24-75-67(89)53-41-78-70(79-42-53)81-26-27-82(54(43-81)44-84)71-76-38-52(39-77-71)40-80-72(92)100-59-23-21-51(35-62(59)95-9)34-56(74)61-37-58(85)47(4)33-49(6)64(87)65(96-10)63(86)48(5)32-45(2)17-13-12-14-18-46(3)60(94-8)36-55-22-20-50(7)73(93,101-55)66(88)68(90)83-25-16-15-19-57(83)69(91)99-61/h12-14,17-18,33,38-39,41-42,45,47-48,50-51,54-57,59-62,64-65,84,87,93H,11,15-16,19-32,34-37,40,43-44,74H2,1-10H3,(H,75,89)(H,80,92)/b14-12+,17-13+,46-18+,49-33+/t45-,47-,48-,50-,51+,54?,55+,56-,57+,59-,60+,61+,62-,64-,65+,73-/m1/s1. The van der Waals surface area contributed by atoms with E-state index in [0.29, 0.717) is 133 Å². The number of hydrogen-bond acceptors (Lipinski definition) is 25. The molecule has 3 amide bonds. The van der Waals surface area contributed by atoms with Crippen LogP contribution in [0.2, 0.25) is 0 Å². The van der Waals surface area contributed by atoms with E-state index in [0.717, 1.165) is 16.9 Å². The van der Waals surface area contributed by atoms with E-state index in [-0.39, 0.29) is 68.9 Å². The van der Waals surface area contributed by atoms with E-state index in [4.69, 9.17) is 43.6 Å². The zero-order valence-electron chi connectivity index (χ0n) is 60.6. The summed E-state index contributed by atoms with van der Waals surface area (Å²) in [5.41, 5.74) is 9.11. The molecule has 28 heteroatoms. The molecule has 0 aromatic carbocycles. The van der Waals surface area contributed by atoms with E-state index in [1.165, 1.54) is 26.6 Å². The lowest BCUT2D eigenvalue weighted by molar-refractivity contribution is -0.265. The number of rotatable bonds is 21. The average molecular weight is 1420 g/mol. The van der Waals surface area contributed by atoms with Crippen LogP contribution in [0.1, 0.15) is 148 Å². The number of methoxy groups -OCH3 is 3. The fourth-order valence-corrected chi connectivity index (χ4v) is 13.8. The maximum absolute atomic E-state index is 14.7. The third kappa shape index (κ3) is 23.0. The number of nitrogens with two attached hydrogens (primary N) is 1. The normalized spacial score (nSPS) is 31.7. The largest absolute Gasteiger partial charge is 0.459 e. The Morgan fingerprint density at radius 1 is 0.782 bits per heavy atom. The number of carbonyl (C=O) groups excluding carboxylic acids is 7. The number of allylic oxidation sites excluding steroid dienone is 6. The fraction of sp³-hybridized carbons (Fsp3) is 0.685. The summed E-state index contributed by atoms with van der Waals surface area (Å²) in [5.74, 6) is -8.31. The molecule has 101 heavy (non-hydrogen) atoms. The highest BCUT2D eigenvalue weighted by Gasteiger charge is 2.53. The molecule has 28 nitrogen and oxygen atoms in total. The van der Waals surface area contributed by atoms with Crippen molar-refractivity contribution < 1.29 is 86.8 Å². The van der Waals surface area contributed by atoms with Crippen LogP contribution in [0.4, 0.5) is 16.7 Å². The van der Waals surface area contributed by atoms with E-state index in [9.17, 15) is 48.9 Å². The van der Waals surface area contributed by atoms with Gasteiger partial charge in [-0.3, -0.25) is 24.0 Å². The lowest BCUT2D eigenvalue weighted by atomic mass is 9.80. The van der Waals surface area contributed by atoms with Crippen molar-refractivity contribution in [2.75, 3.05) is 96.9 Å². The molecule has 0 spiro atoms. The van der Waals surface area contributed by atoms with Crippen molar-refractivity contribution in [3.8, 4) is 0 Å². The van der Waals surface area contributed by atoms with Gasteiger partial charge in [-0.05, 0) is 107 Å². The highest BCUT2D eigenvalue weighted by Crippen LogP contribution is 2.38. The zero-order valence-corrected chi connectivity index (χ0v) is 60.6. The second kappa shape index (κ2) is 40.2. The summed E-state index contributed by atoms with van der Waals surface area (Å²) in [5, 5.41) is 39.8. The average Bonchev–Trinajstić information content (AvgIpc) is 0.778. The minimum atomic E-state index is -2.51. The molecule has 5 aliphatic rings. The predicted molar refractivity (Wildman–Crippen MR) is 374 cm³/mol. The third-order valence-electron chi connectivity index (χ3n) is 20.0. The number of esters is 1. The number of Topliss-reactive ketones (excluding diaryl/α,β-unsaturated/α-hetero) is 3. The van der Waals surface area contributed by atoms with Gasteiger partial charge >= 0.3 is 12.1 Å². The van der Waals surface area contributed by atoms with Crippen molar-refractivity contribution >= 4 is 53.1 Å². The Labute approximate surface area is 593 Å². The molecule has 7 N–H and O–H groups in total. The number of cyclic esters (lactones) is 1. The molecule has 2 aromatic heterocycles. The number of ether oxygens (including phenoxy) is 8. The Balaban J connectivity index is 0.982. The lowest BCUT2D eigenvalue weighted by Gasteiger charge is -2.42. The van der Waals surface area contributed by atoms with E-state index in [2.05, 4.69) is 30.6 Å². The highest BCUT2D eigenvalue weighted by atomic mass is 16.6. The van der Waals surface area contributed by atoms with Crippen molar-refractivity contribution in [3.63, 3.8) is 0 Å². The number of hydrogen-bond donors (Lipinski definition) is 6. The molecule has 0 radical (unpaired) electrons. The van der Waals surface area contributed by atoms with Crippen LogP contribution in [-0.4, -0.2) is 235 Å². The van der Waals surface area contributed by atoms with Crippen LogP contribution in [0, 0.1) is 29.6 Å². The summed E-state index contributed by atoms with van der Waals surface area (Å²) in [4.78, 5) is 121. The van der Waals surface area contributed by atoms with Gasteiger partial charge in [0.1, 0.15) is 36.2 Å². The maximum Gasteiger partial charge on any atom is 0.407 e. The van der Waals surface area contributed by atoms with Crippen molar-refractivity contribution in [2.45, 2.75) is 205 Å². The molecule has 6 heterocycles. The maximum atomic E-state index is 14.7. The summed E-state index contributed by atoms with van der Waals surface area (Å²) in [6.45, 7) is 15.9. The van der Waals surface area contributed by atoms with E-state index >= 15 is 0 Å². The van der Waals surface area contributed by atoms with Gasteiger partial charge in [0, 0.05) is 134 Å². The number of ketones is 3. The molecule has 1 aliphatic carbocycles. The number of amides is 3. The number of piperidine rings is 1. The number of anilines is 2. The first-order chi connectivity index (χ1) is 48.4. The second-order valence-corrected chi connectivity index (χ2v) is 27.6. The molecule has 560 valence electrons. The van der Waals surface area contributed by atoms with Gasteiger partial charge in [-0.25, -0.2) is 29.5 Å². The molecule has 7 rings (SSSR count). The SMILES string of the molecule is CCCOCCOCCNC(=O)c1cnc(N2CCN(c3ncc(CNC(=O)O[C@@H]4CC[C@@H](C[C@@H](N)[C@@H]5CC(=O)[C@H](C)/C=C(\C)[C@@H](O)[C@@H](OC)C(=O)[C@H](C)C[C@H](C)/C=C/C=C/C=C(\C)[C@@H](OC)C[C@@H]6CC[C@@H](C)[C@@](O)(O6)C(=O)C(=O)N6CCCC[C@H]6C(=O)O5)C[C@H]4OC)cn3)C(CO)C2)nc1. The Bertz CT molecular complexity index is 3160. The molecule has 4 fully saturated rings. The second-order valence-electron chi connectivity index (χ2n) is 27.6. The van der Waals surface area contributed by atoms with Crippen molar-refractivity contribution in [2.24, 2.45) is 35.3 Å². The minimum absolute atomic E-state index is 0.00255. The van der Waals surface area contributed by atoms with E-state index < -0.39 is 114 Å². The lowest BCUT2D eigenvalue weighted by Crippen LogP contribution is -2.61. The molecule has 1 saturated carbocycles. The number of fused-ring (bicyclic) bond motifs is 3. The Morgan fingerprint density at radius 2 is 1.50 bits per heavy atom. The van der Waals surface area contributed by atoms with E-state index in [1.807, 2.05) is 61.0 Å². The quantitative estimate of drug-likeness (QED) is 0.0402. The molecule has 1 unspecified atom stereocenters. The molecule has 3 saturated heterocycles. The number of alkyl carbamates (subject to hydrolysis) is 1. The molecule has 2 aromatic rings. The van der Waals surface area contributed by atoms with Gasteiger partial charge in [-0.1, -0.05) is 71.1 Å². The van der Waals surface area contributed by atoms with Crippen LogP contribution >= 0.6 is 0 Å². The third-order valence-corrected chi connectivity index (χ3v) is 20.0. The Morgan fingerprint density at radius 3 is 2.20 bits per heavy atom. The summed E-state index contributed by atoms with van der Waals surface area (Å²) in [6, 6.07) is -2.65. The van der Waals surface area contributed by atoms with Crippen molar-refractivity contribution in [1.82, 2.24) is 35.5 Å². The van der Waals surface area contributed by atoms with Gasteiger partial charge in [0.2, 0.25) is 17.7 Å². The summed E-state index contributed by atoms with van der Waals surface area (Å²) < 4.78 is 46.7. The van der Waals surface area contributed by atoms with Crippen LogP contribution in [-0.2, 0) is 68.4 Å². The number of carbonyl (C=O) groups is 7. The number of aromatic nitrogens is 4. The first-order valence-corrected chi connectivity index (χ1v) is 35.8. The van der Waals surface area contributed by atoms with E-state index in [1.54, 1.807) is 53.3 Å². The molecular formula is C73H110N10O18. The molecule has 2 bridgehead atoms. The Hall–Kier alpha value is -6.99. The number of aliphatic hydroxyl groups excluding tert-OH is 2. The van der Waals surface area contributed by atoms with Gasteiger partial charge in [-0.2, -0.15) is 0 Å². The molecular weight excluding hydrogens is 1300 g/mol. The van der Waals surface area contributed by atoms with Gasteiger partial charge in [-0.15, -0.1) is 0 Å². The number of nitrogens with one attached hydrogen (secondary N) is 2. The van der Waals surface area contributed by atoms with Crippen LogP contribution in [0.15, 0.2) is 72.4 Å². The summed E-state index contributed by atoms with van der Waals surface area (Å²) in [6.07, 6.45) is 14.8. The van der Waals surface area contributed by atoms with Gasteiger partial charge in [0.05, 0.1) is 56.3 Å². The van der Waals surface area contributed by atoms with Crippen LogP contribution in [0.3, 0.4) is 0 Å². The van der Waals surface area contributed by atoms with Gasteiger partial charge < -0.3 is 84.3 Å². The van der Waals surface area contributed by atoms with Crippen molar-refractivity contribution in [3.05, 3.63) is 83.5 Å². The monoisotopic (exact) mass is 1410 g/mol. The molecule has 16 atom stereocenters. The van der Waals surface area contributed by atoms with Crippen molar-refractivity contribution in [1.29, 1.82) is 0 Å². The smallest absolute Gasteiger partial charge is 0.407 e. The van der Waals surface area contributed by atoms with Crippen LogP contribution in [0.5, 0.6) is 0 Å². The van der Waals surface area contributed by atoms with Gasteiger partial charge in [0.15, 0.2) is 5.78 Å². The summed E-state index contributed by atoms with van der Waals surface area (Å²) >= 11 is 0. The number of aliphatic hydroxyl groups is 3. The predicted octanol–water partition coefficient (Wildman–Crippen LogP) is 5.25. The fourth-order valence-electron chi connectivity index (χ4n) is 13.8. The Kier molecular flexibility index (Phi) is 32.3. The minimum Gasteiger partial charge on any atom is -0.459 e. The number of nitrogens with zero attached hydrogens (tertiary/aromatic N) is 7. The number of piperazine rings is 1. The van der Waals surface area contributed by atoms with Gasteiger partial charge in [0.25, 0.3) is 17.6 Å². The van der Waals surface area contributed by atoms with Crippen LogP contribution < -0.4 is 26.2 Å². The molecule has 4 aliphatic heterocycles. The highest BCUT2D eigenvalue weighted by molar-refractivity contribution is 6.39. The first kappa shape index (κ1) is 81.3. The summed E-state index contributed by atoms with van der Waals surface area (Å²) in [7, 11) is 4.42.